The van der Waals surface area contributed by atoms with E-state index in [0.717, 1.165) is 30.8 Å². The number of aromatic nitrogens is 2. The Bertz CT molecular complexity index is 540. The molecule has 0 aliphatic rings. The van der Waals surface area contributed by atoms with Crippen LogP contribution in [-0.2, 0) is 13.0 Å². The highest BCUT2D eigenvalue weighted by molar-refractivity contribution is 5.95. The zero-order chi connectivity index (χ0) is 13.7. The van der Waals surface area contributed by atoms with E-state index in [9.17, 15) is 4.79 Å². The number of carbonyl (C=O) groups is 1. The molecule has 3 heteroatoms. The van der Waals surface area contributed by atoms with E-state index in [0.29, 0.717) is 6.42 Å². The molecular formula is C16H20N2O. The first-order valence-corrected chi connectivity index (χ1v) is 6.86. The normalized spacial score (nSPS) is 10.6. The maximum absolute atomic E-state index is 11.6. The molecule has 0 atom stereocenters. The summed E-state index contributed by atoms with van der Waals surface area (Å²) in [5, 5.41) is 0. The molecule has 0 spiro atoms. The van der Waals surface area contributed by atoms with Crippen LogP contribution in [0.4, 0.5) is 0 Å². The summed E-state index contributed by atoms with van der Waals surface area (Å²) in [5.74, 6) is 1.27. The van der Waals surface area contributed by atoms with Crippen molar-refractivity contribution in [1.29, 1.82) is 0 Å². The highest BCUT2D eigenvalue weighted by atomic mass is 16.1. The fourth-order valence-electron chi connectivity index (χ4n) is 2.15. The highest BCUT2D eigenvalue weighted by Gasteiger charge is 2.05. The topological polar surface area (TPSA) is 34.9 Å². The molecule has 1 heterocycles. The number of rotatable bonds is 6. The Labute approximate surface area is 114 Å². The summed E-state index contributed by atoms with van der Waals surface area (Å²) in [6, 6.07) is 7.87. The molecule has 1 aromatic heterocycles. The minimum atomic E-state index is 0.194. The van der Waals surface area contributed by atoms with Crippen molar-refractivity contribution in [2.75, 3.05) is 0 Å². The van der Waals surface area contributed by atoms with Gasteiger partial charge in [0.05, 0.1) is 0 Å². The van der Waals surface area contributed by atoms with Gasteiger partial charge >= 0.3 is 0 Å². The van der Waals surface area contributed by atoms with Crippen LogP contribution in [0.2, 0.25) is 0 Å². The summed E-state index contributed by atoms with van der Waals surface area (Å²) in [4.78, 5) is 16.0. The van der Waals surface area contributed by atoms with E-state index in [-0.39, 0.29) is 5.78 Å². The minimum Gasteiger partial charge on any atom is -0.335 e. The number of benzene rings is 1. The van der Waals surface area contributed by atoms with E-state index in [2.05, 4.69) is 16.5 Å². The van der Waals surface area contributed by atoms with Crippen molar-refractivity contribution in [3.63, 3.8) is 0 Å². The summed E-state index contributed by atoms with van der Waals surface area (Å²) in [6.45, 7) is 5.05. The molecule has 100 valence electrons. The van der Waals surface area contributed by atoms with E-state index in [1.54, 1.807) is 0 Å². The van der Waals surface area contributed by atoms with Crippen molar-refractivity contribution in [2.45, 2.75) is 39.7 Å². The van der Waals surface area contributed by atoms with Crippen LogP contribution in [0.15, 0.2) is 36.7 Å². The molecule has 0 radical (unpaired) electrons. The largest absolute Gasteiger partial charge is 0.335 e. The molecule has 2 rings (SSSR count). The number of aryl methyl sites for hydroxylation is 1. The van der Waals surface area contributed by atoms with E-state index in [1.807, 2.05) is 43.6 Å². The lowest BCUT2D eigenvalue weighted by molar-refractivity contribution is 0.0988. The Balaban J connectivity index is 2.11. The van der Waals surface area contributed by atoms with Gasteiger partial charge < -0.3 is 4.57 Å². The number of imidazole rings is 1. The van der Waals surface area contributed by atoms with Gasteiger partial charge in [0.1, 0.15) is 5.82 Å². The lowest BCUT2D eigenvalue weighted by Gasteiger charge is -2.07. The van der Waals surface area contributed by atoms with Crippen molar-refractivity contribution < 1.29 is 4.79 Å². The van der Waals surface area contributed by atoms with Gasteiger partial charge in [0.2, 0.25) is 0 Å². The van der Waals surface area contributed by atoms with Gasteiger partial charge in [0.15, 0.2) is 5.78 Å². The van der Waals surface area contributed by atoms with E-state index < -0.39 is 0 Å². The molecular weight excluding hydrogens is 236 g/mol. The van der Waals surface area contributed by atoms with Gasteiger partial charge in [0, 0.05) is 37.3 Å². The van der Waals surface area contributed by atoms with Crippen LogP contribution in [-0.4, -0.2) is 15.3 Å². The first-order chi connectivity index (χ1) is 9.24. The van der Waals surface area contributed by atoms with E-state index in [1.165, 1.54) is 5.56 Å². The molecule has 3 nitrogen and oxygen atoms in total. The number of hydrogen-bond donors (Lipinski definition) is 0. The van der Waals surface area contributed by atoms with Gasteiger partial charge in [0.25, 0.3) is 0 Å². The molecule has 0 saturated heterocycles. The smallest absolute Gasteiger partial charge is 0.162 e. The fourth-order valence-corrected chi connectivity index (χ4v) is 2.15. The Morgan fingerprint density at radius 2 is 1.95 bits per heavy atom. The second-order valence-corrected chi connectivity index (χ2v) is 4.69. The predicted octanol–water partition coefficient (Wildman–Crippen LogP) is 3.48. The molecule has 1 aromatic carbocycles. The molecule has 0 amide bonds. The van der Waals surface area contributed by atoms with E-state index in [4.69, 9.17) is 0 Å². The highest BCUT2D eigenvalue weighted by Crippen LogP contribution is 2.11. The number of nitrogens with zero attached hydrogens (tertiary/aromatic N) is 2. The quantitative estimate of drug-likeness (QED) is 0.742. The Hall–Kier alpha value is -1.90. The first kappa shape index (κ1) is 13.5. The van der Waals surface area contributed by atoms with Gasteiger partial charge in [-0.3, -0.25) is 4.79 Å². The number of ketones is 1. The fraction of sp³-hybridized carbons (Fsp3) is 0.375. The zero-order valence-corrected chi connectivity index (χ0v) is 11.6. The van der Waals surface area contributed by atoms with Crippen LogP contribution >= 0.6 is 0 Å². The predicted molar refractivity (Wildman–Crippen MR) is 76.4 cm³/mol. The molecule has 19 heavy (non-hydrogen) atoms. The van der Waals surface area contributed by atoms with E-state index >= 15 is 0 Å². The molecule has 2 aromatic rings. The van der Waals surface area contributed by atoms with Crippen LogP contribution in [0.1, 0.15) is 48.4 Å². The summed E-state index contributed by atoms with van der Waals surface area (Å²) in [7, 11) is 0. The molecule has 0 N–H and O–H groups in total. The number of hydrogen-bond acceptors (Lipinski definition) is 2. The molecule has 0 bridgehead atoms. The second-order valence-electron chi connectivity index (χ2n) is 4.69. The molecule has 0 fully saturated rings. The van der Waals surface area contributed by atoms with Crippen LogP contribution in [0.5, 0.6) is 0 Å². The van der Waals surface area contributed by atoms with Crippen molar-refractivity contribution in [3.8, 4) is 0 Å². The maximum atomic E-state index is 11.6. The Morgan fingerprint density at radius 1 is 1.21 bits per heavy atom. The number of Topliss-reactive ketones (excluding diaryl/α,β-unsaturated/α-hetero) is 1. The zero-order valence-electron chi connectivity index (χ0n) is 11.6. The second kappa shape index (κ2) is 6.32. The van der Waals surface area contributed by atoms with Gasteiger partial charge in [-0.15, -0.1) is 0 Å². The SMILES string of the molecule is CCCn1ccnc1Cc1ccc(C(=O)CC)cc1. The molecule has 0 unspecified atom stereocenters. The minimum absolute atomic E-state index is 0.194. The average Bonchev–Trinajstić information content (AvgIpc) is 2.86. The van der Waals surface area contributed by atoms with Crippen LogP contribution in [0.25, 0.3) is 0 Å². The van der Waals surface area contributed by atoms with Gasteiger partial charge in [-0.2, -0.15) is 0 Å². The van der Waals surface area contributed by atoms with Crippen molar-refractivity contribution in [2.24, 2.45) is 0 Å². The third-order valence-electron chi connectivity index (χ3n) is 3.23. The Kier molecular flexibility index (Phi) is 4.50. The maximum Gasteiger partial charge on any atom is 0.162 e. The molecule has 0 saturated carbocycles. The summed E-state index contributed by atoms with van der Waals surface area (Å²) in [6.07, 6.45) is 6.34. The summed E-state index contributed by atoms with van der Waals surface area (Å²) < 4.78 is 2.19. The van der Waals surface area contributed by atoms with Crippen molar-refractivity contribution in [3.05, 3.63) is 53.6 Å². The summed E-state index contributed by atoms with van der Waals surface area (Å²) in [5.41, 5.74) is 1.99. The van der Waals surface area contributed by atoms with Gasteiger partial charge in [-0.05, 0) is 12.0 Å². The number of carbonyl (C=O) groups excluding carboxylic acids is 1. The van der Waals surface area contributed by atoms with Gasteiger partial charge in [-0.1, -0.05) is 38.1 Å². The first-order valence-electron chi connectivity index (χ1n) is 6.86. The molecule has 0 aliphatic carbocycles. The third-order valence-corrected chi connectivity index (χ3v) is 3.23. The lowest BCUT2D eigenvalue weighted by atomic mass is 10.0. The third kappa shape index (κ3) is 3.31. The van der Waals surface area contributed by atoms with Crippen LogP contribution < -0.4 is 0 Å². The summed E-state index contributed by atoms with van der Waals surface area (Å²) >= 11 is 0. The van der Waals surface area contributed by atoms with Crippen molar-refractivity contribution >= 4 is 5.78 Å². The monoisotopic (exact) mass is 256 g/mol. The lowest BCUT2D eigenvalue weighted by Crippen LogP contribution is -2.03. The molecule has 0 aliphatic heterocycles. The van der Waals surface area contributed by atoms with Crippen molar-refractivity contribution in [1.82, 2.24) is 9.55 Å². The van der Waals surface area contributed by atoms with Gasteiger partial charge in [-0.25, -0.2) is 4.98 Å². The van der Waals surface area contributed by atoms with Crippen LogP contribution in [0.3, 0.4) is 0 Å². The standard InChI is InChI=1S/C16H20N2O/c1-3-10-18-11-9-17-16(18)12-13-5-7-14(8-6-13)15(19)4-2/h5-9,11H,3-4,10,12H2,1-2H3. The van der Waals surface area contributed by atoms with Crippen LogP contribution in [0, 0.1) is 0 Å². The Morgan fingerprint density at radius 3 is 2.58 bits per heavy atom. The average molecular weight is 256 g/mol.